The highest BCUT2D eigenvalue weighted by atomic mass is 16.5. The Morgan fingerprint density at radius 3 is 2.30 bits per heavy atom. The Bertz CT molecular complexity index is 687. The van der Waals surface area contributed by atoms with E-state index in [1.54, 1.807) is 4.90 Å². The molecular formula is C18H17NO4. The van der Waals surface area contributed by atoms with Gasteiger partial charge in [0, 0.05) is 6.54 Å². The van der Waals surface area contributed by atoms with Crippen LogP contribution in [0.4, 0.5) is 0 Å². The molecule has 0 saturated carbocycles. The van der Waals surface area contributed by atoms with Crippen LogP contribution in [0.5, 0.6) is 0 Å². The number of benzene rings is 2. The quantitative estimate of drug-likeness (QED) is 0.940. The van der Waals surface area contributed by atoms with Gasteiger partial charge in [0.1, 0.15) is 6.61 Å². The van der Waals surface area contributed by atoms with Gasteiger partial charge >= 0.3 is 5.97 Å². The first-order valence-corrected chi connectivity index (χ1v) is 7.39. The summed E-state index contributed by atoms with van der Waals surface area (Å²) in [6.45, 7) is 0.138. The van der Waals surface area contributed by atoms with E-state index in [1.807, 2.05) is 60.7 Å². The van der Waals surface area contributed by atoms with Gasteiger partial charge in [0.25, 0.3) is 0 Å². The number of carbonyl (C=O) groups excluding carboxylic acids is 1. The molecule has 1 amide bonds. The van der Waals surface area contributed by atoms with Crippen LogP contribution >= 0.6 is 0 Å². The molecule has 0 aromatic heterocycles. The van der Waals surface area contributed by atoms with Crippen molar-refractivity contribution < 1.29 is 19.4 Å². The minimum Gasteiger partial charge on any atom is -0.479 e. The van der Waals surface area contributed by atoms with Crippen molar-refractivity contribution >= 4 is 11.9 Å². The van der Waals surface area contributed by atoms with Gasteiger partial charge < -0.3 is 14.7 Å². The Morgan fingerprint density at radius 2 is 1.70 bits per heavy atom. The number of carboxylic acids is 1. The van der Waals surface area contributed by atoms with Crippen LogP contribution in [0.15, 0.2) is 60.7 Å². The van der Waals surface area contributed by atoms with Crippen molar-refractivity contribution in [2.24, 2.45) is 0 Å². The standard InChI is InChI=1S/C18H17NO4/c20-15-12-23-17(18(21)22)16(14-9-5-2-6-10-14)19(15)11-13-7-3-1-4-8-13/h1-10,16-17H,11-12H2,(H,21,22)/t16-,17+/m1/s1. The molecule has 23 heavy (non-hydrogen) atoms. The number of carboxylic acid groups (broad SMARTS) is 1. The summed E-state index contributed by atoms with van der Waals surface area (Å²) < 4.78 is 5.30. The van der Waals surface area contributed by atoms with Gasteiger partial charge in [0.2, 0.25) is 5.91 Å². The second-order valence-electron chi connectivity index (χ2n) is 5.43. The summed E-state index contributed by atoms with van der Waals surface area (Å²) >= 11 is 0. The zero-order valence-corrected chi connectivity index (χ0v) is 12.5. The average molecular weight is 311 g/mol. The minimum atomic E-state index is -1.07. The van der Waals surface area contributed by atoms with E-state index in [1.165, 1.54) is 0 Å². The number of amides is 1. The van der Waals surface area contributed by atoms with Crippen LogP contribution in [0, 0.1) is 0 Å². The Morgan fingerprint density at radius 1 is 1.09 bits per heavy atom. The van der Waals surface area contributed by atoms with Crippen LogP contribution in [0.1, 0.15) is 17.2 Å². The Balaban J connectivity index is 1.97. The fourth-order valence-corrected chi connectivity index (χ4v) is 2.83. The number of ether oxygens (including phenoxy) is 1. The smallest absolute Gasteiger partial charge is 0.335 e. The maximum atomic E-state index is 12.4. The molecule has 1 heterocycles. The highest BCUT2D eigenvalue weighted by molar-refractivity contribution is 5.83. The first-order valence-electron chi connectivity index (χ1n) is 7.39. The van der Waals surface area contributed by atoms with E-state index in [2.05, 4.69) is 0 Å². The molecule has 0 spiro atoms. The second-order valence-corrected chi connectivity index (χ2v) is 5.43. The molecule has 0 radical (unpaired) electrons. The van der Waals surface area contributed by atoms with Gasteiger partial charge in [-0.1, -0.05) is 60.7 Å². The summed E-state index contributed by atoms with van der Waals surface area (Å²) in [5, 5.41) is 9.48. The summed E-state index contributed by atoms with van der Waals surface area (Å²) in [6, 6.07) is 18.0. The van der Waals surface area contributed by atoms with Crippen molar-refractivity contribution in [2.75, 3.05) is 6.61 Å². The maximum absolute atomic E-state index is 12.4. The molecular weight excluding hydrogens is 294 g/mol. The van der Waals surface area contributed by atoms with Crippen LogP contribution in [-0.2, 0) is 20.9 Å². The van der Waals surface area contributed by atoms with Crippen molar-refractivity contribution in [3.63, 3.8) is 0 Å². The number of nitrogens with zero attached hydrogens (tertiary/aromatic N) is 1. The molecule has 5 heteroatoms. The zero-order chi connectivity index (χ0) is 16.2. The van der Waals surface area contributed by atoms with Crippen molar-refractivity contribution in [2.45, 2.75) is 18.7 Å². The van der Waals surface area contributed by atoms with Crippen molar-refractivity contribution in [3.8, 4) is 0 Å². The first kappa shape index (κ1) is 15.2. The number of carbonyl (C=O) groups is 2. The lowest BCUT2D eigenvalue weighted by molar-refractivity contribution is -0.174. The molecule has 2 aromatic rings. The van der Waals surface area contributed by atoms with E-state index < -0.39 is 18.1 Å². The third kappa shape index (κ3) is 3.24. The van der Waals surface area contributed by atoms with E-state index in [0.717, 1.165) is 11.1 Å². The van der Waals surface area contributed by atoms with E-state index in [0.29, 0.717) is 6.54 Å². The number of hydrogen-bond donors (Lipinski definition) is 1. The van der Waals surface area contributed by atoms with Crippen LogP contribution in [-0.4, -0.2) is 34.6 Å². The number of rotatable bonds is 4. The molecule has 2 atom stereocenters. The van der Waals surface area contributed by atoms with Gasteiger partial charge in [-0.2, -0.15) is 0 Å². The van der Waals surface area contributed by atoms with Crippen LogP contribution < -0.4 is 0 Å². The van der Waals surface area contributed by atoms with Crippen molar-refractivity contribution in [1.29, 1.82) is 0 Å². The molecule has 0 unspecified atom stereocenters. The highest BCUT2D eigenvalue weighted by Crippen LogP contribution is 2.31. The fraction of sp³-hybridized carbons (Fsp3) is 0.222. The minimum absolute atomic E-state index is 0.208. The largest absolute Gasteiger partial charge is 0.479 e. The third-order valence-corrected chi connectivity index (χ3v) is 3.91. The van der Waals surface area contributed by atoms with Crippen LogP contribution in [0.3, 0.4) is 0 Å². The lowest BCUT2D eigenvalue weighted by Crippen LogP contribution is -2.51. The predicted molar refractivity (Wildman–Crippen MR) is 83.6 cm³/mol. The van der Waals surface area contributed by atoms with Gasteiger partial charge in [-0.25, -0.2) is 4.79 Å². The molecule has 118 valence electrons. The van der Waals surface area contributed by atoms with Gasteiger partial charge in [0.05, 0.1) is 6.04 Å². The number of morpholine rings is 1. The molecule has 2 aromatic carbocycles. The summed E-state index contributed by atoms with van der Waals surface area (Å²) in [4.78, 5) is 25.5. The lowest BCUT2D eigenvalue weighted by atomic mass is 9.97. The normalized spacial score (nSPS) is 21.2. The Kier molecular flexibility index (Phi) is 4.39. The van der Waals surface area contributed by atoms with Crippen molar-refractivity contribution in [1.82, 2.24) is 4.90 Å². The van der Waals surface area contributed by atoms with Crippen LogP contribution in [0.2, 0.25) is 0 Å². The Labute approximate surface area is 134 Å². The van der Waals surface area contributed by atoms with Crippen molar-refractivity contribution in [3.05, 3.63) is 71.8 Å². The van der Waals surface area contributed by atoms with Gasteiger partial charge in [0.15, 0.2) is 6.10 Å². The molecule has 3 rings (SSSR count). The van der Waals surface area contributed by atoms with Gasteiger partial charge in [-0.15, -0.1) is 0 Å². The third-order valence-electron chi connectivity index (χ3n) is 3.91. The van der Waals surface area contributed by atoms with Crippen LogP contribution in [0.25, 0.3) is 0 Å². The maximum Gasteiger partial charge on any atom is 0.335 e. The summed E-state index contributed by atoms with van der Waals surface area (Å²) in [5.41, 5.74) is 1.71. The monoisotopic (exact) mass is 311 g/mol. The fourth-order valence-electron chi connectivity index (χ4n) is 2.83. The topological polar surface area (TPSA) is 66.8 Å². The number of hydrogen-bond acceptors (Lipinski definition) is 3. The van der Waals surface area contributed by atoms with E-state index in [4.69, 9.17) is 4.74 Å². The summed E-state index contributed by atoms with van der Waals surface area (Å²) in [7, 11) is 0. The van der Waals surface area contributed by atoms with E-state index in [9.17, 15) is 14.7 Å². The molecule has 1 fully saturated rings. The predicted octanol–water partition coefficient (Wildman–Crippen LogP) is 2.24. The average Bonchev–Trinajstić information content (AvgIpc) is 2.58. The summed E-state index contributed by atoms with van der Waals surface area (Å²) in [5.74, 6) is -1.27. The van der Waals surface area contributed by atoms with E-state index >= 15 is 0 Å². The summed E-state index contributed by atoms with van der Waals surface area (Å²) in [6.07, 6.45) is -1.07. The first-order chi connectivity index (χ1) is 11.2. The molecule has 1 aliphatic rings. The zero-order valence-electron chi connectivity index (χ0n) is 12.5. The molecule has 5 nitrogen and oxygen atoms in total. The van der Waals surface area contributed by atoms with Gasteiger partial charge in [-0.05, 0) is 11.1 Å². The molecule has 1 aliphatic heterocycles. The molecule has 1 N–H and O–H groups in total. The van der Waals surface area contributed by atoms with E-state index in [-0.39, 0.29) is 12.5 Å². The van der Waals surface area contributed by atoms with Gasteiger partial charge in [-0.3, -0.25) is 4.79 Å². The number of aliphatic carboxylic acids is 1. The lowest BCUT2D eigenvalue weighted by Gasteiger charge is -2.39. The SMILES string of the molecule is O=C(O)[C@H]1OCC(=O)N(Cc2ccccc2)[C@@H]1c1ccccc1. The molecule has 1 saturated heterocycles. The Hall–Kier alpha value is -2.66. The highest BCUT2D eigenvalue weighted by Gasteiger charge is 2.41. The second kappa shape index (κ2) is 6.62. The molecule has 0 aliphatic carbocycles. The molecule has 0 bridgehead atoms.